The summed E-state index contributed by atoms with van der Waals surface area (Å²) in [6, 6.07) is 6.26. The highest BCUT2D eigenvalue weighted by Crippen LogP contribution is 2.35. The van der Waals surface area contributed by atoms with E-state index in [1.807, 2.05) is 6.07 Å². The van der Waals surface area contributed by atoms with E-state index in [0.29, 0.717) is 18.0 Å². The van der Waals surface area contributed by atoms with E-state index in [1.165, 1.54) is 31.6 Å². The molecule has 0 amide bonds. The summed E-state index contributed by atoms with van der Waals surface area (Å²) < 4.78 is 5.43. The van der Waals surface area contributed by atoms with Crippen LogP contribution in [0.15, 0.2) is 18.2 Å². The minimum absolute atomic E-state index is 0.189. The third-order valence-corrected chi connectivity index (χ3v) is 6.43. The molecule has 1 N–H and O–H groups in total. The second-order valence-electron chi connectivity index (χ2n) is 7.93. The van der Waals surface area contributed by atoms with E-state index in [1.54, 1.807) is 0 Å². The number of benzene rings is 1. The number of aromatic nitrogens is 2. The van der Waals surface area contributed by atoms with E-state index >= 15 is 0 Å². The number of piperidine rings is 3. The molecule has 1 aromatic heterocycles. The van der Waals surface area contributed by atoms with Crippen molar-refractivity contribution in [1.82, 2.24) is 15.1 Å². The van der Waals surface area contributed by atoms with Gasteiger partial charge in [0.05, 0.1) is 18.7 Å². The van der Waals surface area contributed by atoms with Gasteiger partial charge >= 0.3 is 0 Å². The molecule has 26 heavy (non-hydrogen) atoms. The summed E-state index contributed by atoms with van der Waals surface area (Å²) in [5, 5.41) is 8.41. The normalized spacial score (nSPS) is 28.6. The van der Waals surface area contributed by atoms with Gasteiger partial charge in [-0.1, -0.05) is 0 Å². The summed E-state index contributed by atoms with van der Waals surface area (Å²) in [4.78, 5) is 17.8. The molecule has 6 heteroatoms. The Morgan fingerprint density at radius 1 is 1.19 bits per heavy atom. The molecule has 0 radical (unpaired) electrons. The predicted octanol–water partition coefficient (Wildman–Crippen LogP) is 2.31. The van der Waals surface area contributed by atoms with E-state index in [0.717, 1.165) is 49.7 Å². The van der Waals surface area contributed by atoms with Crippen molar-refractivity contribution in [2.75, 3.05) is 50.8 Å². The van der Waals surface area contributed by atoms with Crippen LogP contribution in [0.25, 0.3) is 10.9 Å². The highest BCUT2D eigenvalue weighted by Gasteiger charge is 2.35. The lowest BCUT2D eigenvalue weighted by molar-refractivity contribution is 0.0440. The summed E-state index contributed by atoms with van der Waals surface area (Å²) in [5.74, 6) is 1.42. The number of Topliss-reactive ketones (excluding diaryl/α,β-unsaturated/α-hetero) is 1. The first-order valence-electron chi connectivity index (χ1n) is 9.84. The number of fused-ring (bicyclic) bond motifs is 4. The molecule has 0 saturated carbocycles. The zero-order chi connectivity index (χ0) is 17.5. The van der Waals surface area contributed by atoms with Crippen molar-refractivity contribution in [2.45, 2.75) is 19.3 Å². The minimum atomic E-state index is 0.189. The number of carbonyl (C=O) groups is 1. The Kier molecular flexibility index (Phi) is 4.17. The average Bonchev–Trinajstić information content (AvgIpc) is 3.13. The maximum atomic E-state index is 12.9. The van der Waals surface area contributed by atoms with Crippen molar-refractivity contribution in [3.05, 3.63) is 23.9 Å². The van der Waals surface area contributed by atoms with Gasteiger partial charge in [0.25, 0.3) is 0 Å². The first kappa shape index (κ1) is 16.3. The number of nitrogens with one attached hydrogen (secondary N) is 1. The molecule has 4 saturated heterocycles. The number of anilines is 1. The lowest BCUT2D eigenvalue weighted by Gasteiger charge is -2.44. The standard InChI is InChI=1S/C20H26N4O2/c25-19(11-15-13-23-5-3-14(15)4-6-23)20-17-2-1-16(12-18(17)21-22-20)24-7-9-26-10-8-24/h1-2,12,14-15H,3-11,13H2,(H,21,22)/t15-/m0/s1. The SMILES string of the molecule is O=C(C[C@H]1CN2CCC1CC2)c1n[nH]c2cc(N3CCOCC3)ccc12. The van der Waals surface area contributed by atoms with Crippen molar-refractivity contribution in [3.8, 4) is 0 Å². The van der Waals surface area contributed by atoms with Gasteiger partial charge < -0.3 is 14.5 Å². The van der Waals surface area contributed by atoms with Crippen LogP contribution < -0.4 is 4.90 Å². The van der Waals surface area contributed by atoms with E-state index in [2.05, 4.69) is 32.1 Å². The number of hydrogen-bond donors (Lipinski definition) is 1. The number of carbonyl (C=O) groups excluding carboxylic acids is 1. The lowest BCUT2D eigenvalue weighted by Crippen LogP contribution is -2.47. The number of ether oxygens (including phenoxy) is 1. The topological polar surface area (TPSA) is 61.5 Å². The zero-order valence-electron chi connectivity index (χ0n) is 15.1. The van der Waals surface area contributed by atoms with Gasteiger partial charge in [-0.2, -0.15) is 5.10 Å². The van der Waals surface area contributed by atoms with Crippen LogP contribution in [0.3, 0.4) is 0 Å². The number of nitrogens with zero attached hydrogens (tertiary/aromatic N) is 3. The number of ketones is 1. The monoisotopic (exact) mass is 354 g/mol. The van der Waals surface area contributed by atoms with Gasteiger partial charge in [0.1, 0.15) is 5.69 Å². The Balaban J connectivity index is 1.34. The molecule has 0 spiro atoms. The maximum Gasteiger partial charge on any atom is 0.184 e. The molecule has 4 aliphatic rings. The molecule has 6 rings (SSSR count). The summed E-state index contributed by atoms with van der Waals surface area (Å²) >= 11 is 0. The van der Waals surface area contributed by atoms with Crippen LogP contribution in [0.5, 0.6) is 0 Å². The van der Waals surface area contributed by atoms with E-state index < -0.39 is 0 Å². The Morgan fingerprint density at radius 3 is 2.73 bits per heavy atom. The highest BCUT2D eigenvalue weighted by molar-refractivity contribution is 6.06. The van der Waals surface area contributed by atoms with Crippen molar-refractivity contribution < 1.29 is 9.53 Å². The molecule has 6 nitrogen and oxygen atoms in total. The molecular weight excluding hydrogens is 328 g/mol. The molecule has 0 unspecified atom stereocenters. The van der Waals surface area contributed by atoms with Crippen molar-refractivity contribution in [1.29, 1.82) is 0 Å². The maximum absolute atomic E-state index is 12.9. The largest absolute Gasteiger partial charge is 0.378 e. The van der Waals surface area contributed by atoms with Crippen LogP contribution in [0, 0.1) is 11.8 Å². The zero-order valence-corrected chi connectivity index (χ0v) is 15.1. The molecule has 0 aliphatic carbocycles. The number of hydrogen-bond acceptors (Lipinski definition) is 5. The van der Waals surface area contributed by atoms with Crippen LogP contribution in [0.4, 0.5) is 5.69 Å². The smallest absolute Gasteiger partial charge is 0.184 e. The Labute approximate surface area is 153 Å². The van der Waals surface area contributed by atoms with Crippen LogP contribution in [-0.2, 0) is 4.74 Å². The van der Waals surface area contributed by atoms with Gasteiger partial charge in [0.15, 0.2) is 5.78 Å². The van der Waals surface area contributed by atoms with Gasteiger partial charge in [-0.15, -0.1) is 0 Å². The molecule has 4 aliphatic heterocycles. The quantitative estimate of drug-likeness (QED) is 0.854. The first-order chi connectivity index (χ1) is 12.8. The lowest BCUT2D eigenvalue weighted by atomic mass is 9.76. The Bertz CT molecular complexity index is 803. The number of H-pyrrole nitrogens is 1. The van der Waals surface area contributed by atoms with Gasteiger partial charge in [-0.25, -0.2) is 0 Å². The number of morpholine rings is 1. The van der Waals surface area contributed by atoms with Gasteiger partial charge in [0.2, 0.25) is 0 Å². The Morgan fingerprint density at radius 2 is 2.00 bits per heavy atom. The van der Waals surface area contributed by atoms with Crippen molar-refractivity contribution >= 4 is 22.4 Å². The fraction of sp³-hybridized carbons (Fsp3) is 0.600. The molecule has 5 heterocycles. The average molecular weight is 354 g/mol. The fourth-order valence-electron chi connectivity index (χ4n) is 4.89. The predicted molar refractivity (Wildman–Crippen MR) is 101 cm³/mol. The summed E-state index contributed by atoms with van der Waals surface area (Å²) in [5.41, 5.74) is 2.73. The van der Waals surface area contributed by atoms with Crippen LogP contribution in [0.1, 0.15) is 29.8 Å². The second-order valence-corrected chi connectivity index (χ2v) is 7.93. The van der Waals surface area contributed by atoms with Gasteiger partial charge in [0, 0.05) is 37.1 Å². The van der Waals surface area contributed by atoms with E-state index in [9.17, 15) is 4.79 Å². The van der Waals surface area contributed by atoms with Crippen LogP contribution in [0.2, 0.25) is 0 Å². The molecule has 2 bridgehead atoms. The molecule has 2 aromatic rings. The minimum Gasteiger partial charge on any atom is -0.378 e. The van der Waals surface area contributed by atoms with Crippen LogP contribution in [-0.4, -0.2) is 66.8 Å². The highest BCUT2D eigenvalue weighted by atomic mass is 16.5. The van der Waals surface area contributed by atoms with E-state index in [4.69, 9.17) is 4.74 Å². The third kappa shape index (κ3) is 2.91. The molecule has 138 valence electrons. The van der Waals surface area contributed by atoms with Crippen molar-refractivity contribution in [3.63, 3.8) is 0 Å². The fourth-order valence-corrected chi connectivity index (χ4v) is 4.89. The van der Waals surface area contributed by atoms with Crippen molar-refractivity contribution in [2.24, 2.45) is 11.8 Å². The first-order valence-corrected chi connectivity index (χ1v) is 9.84. The number of rotatable bonds is 4. The Hall–Kier alpha value is -1.92. The van der Waals surface area contributed by atoms with Gasteiger partial charge in [-0.3, -0.25) is 9.89 Å². The second kappa shape index (κ2) is 6.67. The summed E-state index contributed by atoms with van der Waals surface area (Å²) in [7, 11) is 0. The summed E-state index contributed by atoms with van der Waals surface area (Å²) in [6.07, 6.45) is 3.14. The molecule has 1 aromatic carbocycles. The summed E-state index contributed by atoms with van der Waals surface area (Å²) in [6.45, 7) is 6.86. The number of aromatic amines is 1. The van der Waals surface area contributed by atoms with Crippen LogP contribution >= 0.6 is 0 Å². The van der Waals surface area contributed by atoms with Gasteiger partial charge in [-0.05, 0) is 56.0 Å². The third-order valence-electron chi connectivity index (χ3n) is 6.43. The van der Waals surface area contributed by atoms with E-state index in [-0.39, 0.29) is 5.78 Å². The molecular formula is C20H26N4O2. The molecule has 4 fully saturated rings. The molecule has 1 atom stereocenters.